The molecule has 1 rings (SSSR count). The fraction of sp³-hybridized carbons (Fsp3) is 0.333. The van der Waals surface area contributed by atoms with Crippen LogP contribution in [0.15, 0.2) is 33.6 Å². The summed E-state index contributed by atoms with van der Waals surface area (Å²) in [5.41, 5.74) is 4.93. The van der Waals surface area contributed by atoms with E-state index in [0.29, 0.717) is 0 Å². The maximum Gasteiger partial charge on any atom is 0.322 e. The molecule has 0 heterocycles. The summed E-state index contributed by atoms with van der Waals surface area (Å²) in [7, 11) is 0. The predicted molar refractivity (Wildman–Crippen MR) is 74.2 cm³/mol. The molecule has 0 unspecified atom stereocenters. The van der Waals surface area contributed by atoms with Crippen LogP contribution in [0.5, 0.6) is 0 Å². The standard InChI is InChI=1S/C12H14BrNO3S/c1-12(2,11(16)17-7-10(14)15)18-9-5-3-8(13)4-6-9/h3-6H,7H2,1-2H3,(H2,14,15). The molecule has 0 fully saturated rings. The van der Waals surface area contributed by atoms with Gasteiger partial charge in [-0.25, -0.2) is 0 Å². The third kappa shape index (κ3) is 4.70. The van der Waals surface area contributed by atoms with Crippen molar-refractivity contribution in [1.29, 1.82) is 0 Å². The molecule has 0 saturated heterocycles. The second-order valence-corrected chi connectivity index (χ2v) is 6.72. The van der Waals surface area contributed by atoms with Crippen LogP contribution in [0.3, 0.4) is 0 Å². The van der Waals surface area contributed by atoms with E-state index >= 15 is 0 Å². The number of amides is 1. The van der Waals surface area contributed by atoms with E-state index in [-0.39, 0.29) is 6.61 Å². The zero-order chi connectivity index (χ0) is 13.8. The second kappa shape index (κ2) is 6.24. The van der Waals surface area contributed by atoms with E-state index in [9.17, 15) is 9.59 Å². The molecule has 0 aliphatic rings. The summed E-state index contributed by atoms with van der Waals surface area (Å²) in [5.74, 6) is -1.12. The number of nitrogens with two attached hydrogens (primary N) is 1. The average Bonchev–Trinajstić information content (AvgIpc) is 2.28. The van der Waals surface area contributed by atoms with Crippen molar-refractivity contribution in [3.05, 3.63) is 28.7 Å². The molecule has 0 aromatic heterocycles. The lowest BCUT2D eigenvalue weighted by Gasteiger charge is -2.21. The molecule has 1 amide bonds. The molecule has 0 spiro atoms. The van der Waals surface area contributed by atoms with Crippen molar-refractivity contribution in [1.82, 2.24) is 0 Å². The summed E-state index contributed by atoms with van der Waals surface area (Å²) in [6.07, 6.45) is 0. The first-order chi connectivity index (χ1) is 8.31. The van der Waals surface area contributed by atoms with Gasteiger partial charge in [0, 0.05) is 9.37 Å². The molecular weight excluding hydrogens is 318 g/mol. The quantitative estimate of drug-likeness (QED) is 0.664. The van der Waals surface area contributed by atoms with Crippen LogP contribution in [-0.2, 0) is 14.3 Å². The van der Waals surface area contributed by atoms with Gasteiger partial charge in [0.1, 0.15) is 4.75 Å². The molecule has 6 heteroatoms. The number of rotatable bonds is 5. The Morgan fingerprint density at radius 1 is 1.33 bits per heavy atom. The van der Waals surface area contributed by atoms with Crippen molar-refractivity contribution in [3.63, 3.8) is 0 Å². The highest BCUT2D eigenvalue weighted by molar-refractivity contribution is 9.10. The lowest BCUT2D eigenvalue weighted by Crippen LogP contribution is -2.33. The lowest BCUT2D eigenvalue weighted by molar-refractivity contribution is -0.149. The van der Waals surface area contributed by atoms with Crippen LogP contribution in [0.2, 0.25) is 0 Å². The van der Waals surface area contributed by atoms with Gasteiger partial charge >= 0.3 is 5.97 Å². The van der Waals surface area contributed by atoms with Crippen LogP contribution in [0.4, 0.5) is 0 Å². The third-order valence-corrected chi connectivity index (χ3v) is 3.74. The molecule has 0 atom stereocenters. The van der Waals surface area contributed by atoms with Crippen LogP contribution in [-0.4, -0.2) is 23.2 Å². The van der Waals surface area contributed by atoms with E-state index in [1.807, 2.05) is 24.3 Å². The highest BCUT2D eigenvalue weighted by Gasteiger charge is 2.31. The van der Waals surface area contributed by atoms with Crippen molar-refractivity contribution in [2.45, 2.75) is 23.5 Å². The summed E-state index contributed by atoms with van der Waals surface area (Å²) in [6.45, 7) is 3.09. The summed E-state index contributed by atoms with van der Waals surface area (Å²) in [5, 5.41) is 0. The van der Waals surface area contributed by atoms with Crippen molar-refractivity contribution in [3.8, 4) is 0 Å². The SMILES string of the molecule is CC(C)(Sc1ccc(Br)cc1)C(=O)OCC(N)=O. The number of esters is 1. The zero-order valence-electron chi connectivity index (χ0n) is 10.1. The van der Waals surface area contributed by atoms with E-state index in [1.54, 1.807) is 13.8 Å². The number of benzene rings is 1. The number of hydrogen-bond acceptors (Lipinski definition) is 4. The summed E-state index contributed by atoms with van der Waals surface area (Å²) in [6, 6.07) is 7.59. The molecule has 0 aliphatic heterocycles. The van der Waals surface area contributed by atoms with Gasteiger partial charge in [-0.3, -0.25) is 9.59 Å². The van der Waals surface area contributed by atoms with Crippen LogP contribution < -0.4 is 5.73 Å². The molecule has 0 bridgehead atoms. The number of hydrogen-bond donors (Lipinski definition) is 1. The molecular formula is C12H14BrNO3S. The molecule has 18 heavy (non-hydrogen) atoms. The lowest BCUT2D eigenvalue weighted by atomic mass is 10.2. The zero-order valence-corrected chi connectivity index (χ0v) is 12.5. The number of carbonyl (C=O) groups excluding carboxylic acids is 2. The summed E-state index contributed by atoms with van der Waals surface area (Å²) >= 11 is 4.71. The number of thioether (sulfide) groups is 1. The fourth-order valence-corrected chi connectivity index (χ4v) is 2.42. The number of halogens is 1. The molecule has 1 aromatic carbocycles. The van der Waals surface area contributed by atoms with Gasteiger partial charge in [0.25, 0.3) is 5.91 Å². The van der Waals surface area contributed by atoms with E-state index in [4.69, 9.17) is 10.5 Å². The largest absolute Gasteiger partial charge is 0.455 e. The molecule has 4 nitrogen and oxygen atoms in total. The first-order valence-electron chi connectivity index (χ1n) is 5.21. The molecule has 98 valence electrons. The van der Waals surface area contributed by atoms with Gasteiger partial charge in [-0.05, 0) is 38.1 Å². The van der Waals surface area contributed by atoms with Gasteiger partial charge in [-0.1, -0.05) is 15.9 Å². The van der Waals surface area contributed by atoms with Crippen molar-refractivity contribution < 1.29 is 14.3 Å². The minimum absolute atomic E-state index is 0.386. The van der Waals surface area contributed by atoms with Crippen LogP contribution in [0, 0.1) is 0 Å². The van der Waals surface area contributed by atoms with Crippen LogP contribution in [0.1, 0.15) is 13.8 Å². The van der Waals surface area contributed by atoms with E-state index < -0.39 is 16.6 Å². The highest BCUT2D eigenvalue weighted by Crippen LogP contribution is 2.33. The van der Waals surface area contributed by atoms with Gasteiger partial charge in [-0.15, -0.1) is 11.8 Å². The highest BCUT2D eigenvalue weighted by atomic mass is 79.9. The monoisotopic (exact) mass is 331 g/mol. The Kier molecular flexibility index (Phi) is 5.22. The Labute approximate surface area is 118 Å². The Morgan fingerprint density at radius 3 is 2.39 bits per heavy atom. The molecule has 0 aliphatic carbocycles. The van der Waals surface area contributed by atoms with Crippen molar-refractivity contribution in [2.24, 2.45) is 5.73 Å². The maximum absolute atomic E-state index is 11.8. The Morgan fingerprint density at radius 2 is 1.89 bits per heavy atom. The Balaban J connectivity index is 2.65. The Bertz CT molecular complexity index is 445. The van der Waals surface area contributed by atoms with Gasteiger partial charge in [-0.2, -0.15) is 0 Å². The predicted octanol–water partition coefficient (Wildman–Crippen LogP) is 2.35. The van der Waals surface area contributed by atoms with Gasteiger partial charge in [0.15, 0.2) is 6.61 Å². The first-order valence-corrected chi connectivity index (χ1v) is 6.82. The minimum atomic E-state index is -0.775. The minimum Gasteiger partial charge on any atom is -0.455 e. The molecule has 2 N–H and O–H groups in total. The van der Waals surface area contributed by atoms with E-state index in [1.165, 1.54) is 11.8 Å². The second-order valence-electron chi connectivity index (χ2n) is 4.11. The number of carbonyl (C=O) groups is 2. The van der Waals surface area contributed by atoms with E-state index in [2.05, 4.69) is 15.9 Å². The topological polar surface area (TPSA) is 69.4 Å². The van der Waals surface area contributed by atoms with Gasteiger partial charge in [0.05, 0.1) is 0 Å². The summed E-state index contributed by atoms with van der Waals surface area (Å²) in [4.78, 5) is 23.3. The van der Waals surface area contributed by atoms with Crippen LogP contribution in [0.25, 0.3) is 0 Å². The third-order valence-electron chi connectivity index (χ3n) is 2.02. The Hall–Kier alpha value is -1.01. The summed E-state index contributed by atoms with van der Waals surface area (Å²) < 4.78 is 5.02. The smallest absolute Gasteiger partial charge is 0.322 e. The van der Waals surface area contributed by atoms with E-state index in [0.717, 1.165) is 9.37 Å². The van der Waals surface area contributed by atoms with Gasteiger partial charge in [0.2, 0.25) is 0 Å². The number of primary amides is 1. The molecule has 0 radical (unpaired) electrons. The fourth-order valence-electron chi connectivity index (χ4n) is 1.15. The number of ether oxygens (including phenoxy) is 1. The maximum atomic E-state index is 11.8. The van der Waals surface area contributed by atoms with Crippen molar-refractivity contribution >= 4 is 39.6 Å². The van der Waals surface area contributed by atoms with Crippen LogP contribution >= 0.6 is 27.7 Å². The normalized spacial score (nSPS) is 11.1. The van der Waals surface area contributed by atoms with Gasteiger partial charge < -0.3 is 10.5 Å². The molecule has 1 aromatic rings. The van der Waals surface area contributed by atoms with Crippen molar-refractivity contribution in [2.75, 3.05) is 6.61 Å². The molecule has 0 saturated carbocycles. The first kappa shape index (κ1) is 15.0. The average molecular weight is 332 g/mol.